The summed E-state index contributed by atoms with van der Waals surface area (Å²) in [7, 11) is -3.56. The Bertz CT molecular complexity index is 564. The van der Waals surface area contributed by atoms with Crippen molar-refractivity contribution in [1.82, 2.24) is 4.72 Å². The van der Waals surface area contributed by atoms with Crippen molar-refractivity contribution in [1.29, 1.82) is 0 Å². The van der Waals surface area contributed by atoms with Gasteiger partial charge in [-0.25, -0.2) is 13.1 Å². The number of nitrogens with one attached hydrogen (secondary N) is 1. The number of sulfonamides is 1. The number of hydrogen-bond donors (Lipinski definition) is 2. The smallest absolute Gasteiger partial charge is 0.241 e. The molecular formula is C13H20N2O3S. The fourth-order valence-corrected chi connectivity index (χ4v) is 4.18. The highest BCUT2D eigenvalue weighted by Crippen LogP contribution is 2.28. The molecule has 1 aromatic rings. The Labute approximate surface area is 114 Å². The van der Waals surface area contributed by atoms with Gasteiger partial charge < -0.3 is 10.5 Å². The molecule has 1 fully saturated rings. The molecule has 1 aliphatic heterocycles. The van der Waals surface area contributed by atoms with Crippen LogP contribution >= 0.6 is 0 Å². The number of ether oxygens (including phenoxy) is 1. The molecule has 2 rings (SSSR count). The van der Waals surface area contributed by atoms with E-state index in [9.17, 15) is 8.42 Å². The second-order valence-electron chi connectivity index (χ2n) is 5.04. The van der Waals surface area contributed by atoms with Crippen LogP contribution in [0.4, 0.5) is 5.69 Å². The molecule has 0 amide bonds. The maximum Gasteiger partial charge on any atom is 0.241 e. The first-order chi connectivity index (χ1) is 8.83. The molecule has 1 aromatic carbocycles. The summed E-state index contributed by atoms with van der Waals surface area (Å²) >= 11 is 0. The minimum atomic E-state index is -3.56. The first-order valence-corrected chi connectivity index (χ1v) is 7.77. The third kappa shape index (κ3) is 2.75. The standard InChI is InChI=1S/C13H20N2O3S/c1-8-6-12(14)10(3)13(9(8)2)19(16,17)15-11-4-5-18-7-11/h6,11,15H,4-5,7,14H2,1-3H3. The summed E-state index contributed by atoms with van der Waals surface area (Å²) in [5.74, 6) is 0. The Morgan fingerprint density at radius 3 is 2.58 bits per heavy atom. The molecule has 1 heterocycles. The van der Waals surface area contributed by atoms with Gasteiger partial charge in [-0.15, -0.1) is 0 Å². The number of anilines is 1. The largest absolute Gasteiger partial charge is 0.398 e. The van der Waals surface area contributed by atoms with Crippen LogP contribution in [0.1, 0.15) is 23.1 Å². The predicted molar refractivity (Wildman–Crippen MR) is 74.6 cm³/mol. The molecular weight excluding hydrogens is 264 g/mol. The lowest BCUT2D eigenvalue weighted by atomic mass is 10.1. The Morgan fingerprint density at radius 1 is 1.32 bits per heavy atom. The van der Waals surface area contributed by atoms with Gasteiger partial charge >= 0.3 is 0 Å². The molecule has 0 aromatic heterocycles. The summed E-state index contributed by atoms with van der Waals surface area (Å²) in [6.07, 6.45) is 0.707. The normalized spacial score (nSPS) is 19.8. The highest BCUT2D eigenvalue weighted by molar-refractivity contribution is 7.89. The Kier molecular flexibility index (Phi) is 3.85. The summed E-state index contributed by atoms with van der Waals surface area (Å²) in [4.78, 5) is 0.303. The second-order valence-corrected chi connectivity index (χ2v) is 6.69. The Balaban J connectivity index is 2.45. The highest BCUT2D eigenvalue weighted by Gasteiger charge is 2.27. The van der Waals surface area contributed by atoms with Crippen LogP contribution in [0.25, 0.3) is 0 Å². The van der Waals surface area contributed by atoms with Crippen molar-refractivity contribution in [3.05, 3.63) is 22.8 Å². The molecule has 0 spiro atoms. The van der Waals surface area contributed by atoms with E-state index < -0.39 is 10.0 Å². The number of rotatable bonds is 3. The number of benzene rings is 1. The molecule has 1 aliphatic rings. The van der Waals surface area contributed by atoms with E-state index in [-0.39, 0.29) is 6.04 Å². The van der Waals surface area contributed by atoms with Crippen LogP contribution < -0.4 is 10.5 Å². The zero-order chi connectivity index (χ0) is 14.2. The maximum absolute atomic E-state index is 12.5. The van der Waals surface area contributed by atoms with E-state index >= 15 is 0 Å². The van der Waals surface area contributed by atoms with Gasteiger partial charge in [0.25, 0.3) is 0 Å². The SMILES string of the molecule is Cc1cc(N)c(C)c(S(=O)(=O)NC2CCOC2)c1C. The van der Waals surface area contributed by atoms with Gasteiger partial charge in [0.05, 0.1) is 11.5 Å². The van der Waals surface area contributed by atoms with Crippen LogP contribution in [0, 0.1) is 20.8 Å². The second kappa shape index (κ2) is 5.11. The van der Waals surface area contributed by atoms with E-state index in [4.69, 9.17) is 10.5 Å². The third-order valence-electron chi connectivity index (χ3n) is 3.60. The Morgan fingerprint density at radius 2 is 2.00 bits per heavy atom. The molecule has 6 heteroatoms. The van der Waals surface area contributed by atoms with E-state index in [2.05, 4.69) is 4.72 Å². The lowest BCUT2D eigenvalue weighted by Gasteiger charge is -2.18. The van der Waals surface area contributed by atoms with Crippen molar-refractivity contribution in [2.24, 2.45) is 0 Å². The first kappa shape index (κ1) is 14.3. The summed E-state index contributed by atoms with van der Waals surface area (Å²) in [6, 6.07) is 1.66. The van der Waals surface area contributed by atoms with Crippen molar-refractivity contribution in [3.63, 3.8) is 0 Å². The lowest BCUT2D eigenvalue weighted by molar-refractivity contribution is 0.192. The van der Waals surface area contributed by atoms with Gasteiger partial charge in [-0.1, -0.05) is 0 Å². The summed E-state index contributed by atoms with van der Waals surface area (Å²) in [5, 5.41) is 0. The van der Waals surface area contributed by atoms with Crippen molar-refractivity contribution < 1.29 is 13.2 Å². The first-order valence-electron chi connectivity index (χ1n) is 6.29. The zero-order valence-electron chi connectivity index (χ0n) is 11.5. The fraction of sp³-hybridized carbons (Fsp3) is 0.538. The number of hydrogen-bond acceptors (Lipinski definition) is 4. The van der Waals surface area contributed by atoms with Gasteiger partial charge in [0, 0.05) is 18.3 Å². The molecule has 0 bridgehead atoms. The minimum Gasteiger partial charge on any atom is -0.398 e. The Hall–Kier alpha value is -1.11. The molecule has 0 saturated carbocycles. The molecule has 1 atom stereocenters. The van der Waals surface area contributed by atoms with Gasteiger partial charge in [0.15, 0.2) is 0 Å². The van der Waals surface area contributed by atoms with Gasteiger partial charge in [-0.05, 0) is 49.9 Å². The van der Waals surface area contributed by atoms with Crippen molar-refractivity contribution in [2.45, 2.75) is 38.1 Å². The molecule has 5 nitrogen and oxygen atoms in total. The predicted octanol–water partition coefficient (Wildman–Crippen LogP) is 1.26. The number of nitrogens with two attached hydrogens (primary N) is 1. The summed E-state index contributed by atoms with van der Waals surface area (Å²) in [6.45, 7) is 6.44. The quantitative estimate of drug-likeness (QED) is 0.819. The molecule has 19 heavy (non-hydrogen) atoms. The van der Waals surface area contributed by atoms with Gasteiger partial charge in [0.1, 0.15) is 0 Å². The molecule has 1 unspecified atom stereocenters. The monoisotopic (exact) mass is 284 g/mol. The van der Waals surface area contributed by atoms with Crippen molar-refractivity contribution in [3.8, 4) is 0 Å². The lowest BCUT2D eigenvalue weighted by Crippen LogP contribution is -2.36. The zero-order valence-corrected chi connectivity index (χ0v) is 12.3. The number of aryl methyl sites for hydroxylation is 1. The number of nitrogen functional groups attached to an aromatic ring is 1. The fourth-order valence-electron chi connectivity index (χ4n) is 2.35. The topological polar surface area (TPSA) is 81.4 Å². The third-order valence-corrected chi connectivity index (χ3v) is 5.39. The van der Waals surface area contributed by atoms with E-state index in [0.717, 1.165) is 11.1 Å². The molecule has 3 N–H and O–H groups in total. The van der Waals surface area contributed by atoms with Crippen LogP contribution in [-0.4, -0.2) is 27.7 Å². The van der Waals surface area contributed by atoms with Gasteiger partial charge in [-0.2, -0.15) is 0 Å². The van der Waals surface area contributed by atoms with Gasteiger partial charge in [0.2, 0.25) is 10.0 Å². The van der Waals surface area contributed by atoms with E-state index in [1.807, 2.05) is 19.9 Å². The van der Waals surface area contributed by atoms with Crippen LogP contribution in [0.3, 0.4) is 0 Å². The van der Waals surface area contributed by atoms with E-state index in [0.29, 0.717) is 35.8 Å². The van der Waals surface area contributed by atoms with Gasteiger partial charge in [-0.3, -0.25) is 0 Å². The average molecular weight is 284 g/mol. The average Bonchev–Trinajstić information content (AvgIpc) is 2.78. The van der Waals surface area contributed by atoms with Crippen LogP contribution in [0.2, 0.25) is 0 Å². The molecule has 1 saturated heterocycles. The van der Waals surface area contributed by atoms with E-state index in [1.165, 1.54) is 0 Å². The highest BCUT2D eigenvalue weighted by atomic mass is 32.2. The minimum absolute atomic E-state index is 0.148. The van der Waals surface area contributed by atoms with Crippen LogP contribution in [0.15, 0.2) is 11.0 Å². The van der Waals surface area contributed by atoms with Crippen molar-refractivity contribution >= 4 is 15.7 Å². The maximum atomic E-state index is 12.5. The van der Waals surface area contributed by atoms with Crippen molar-refractivity contribution in [2.75, 3.05) is 18.9 Å². The van der Waals surface area contributed by atoms with Crippen LogP contribution in [0.5, 0.6) is 0 Å². The van der Waals surface area contributed by atoms with E-state index in [1.54, 1.807) is 6.92 Å². The molecule has 106 valence electrons. The molecule has 0 aliphatic carbocycles. The summed E-state index contributed by atoms with van der Waals surface area (Å²) in [5.41, 5.74) is 8.62. The summed E-state index contributed by atoms with van der Waals surface area (Å²) < 4.78 is 32.9. The van der Waals surface area contributed by atoms with Crippen LogP contribution in [-0.2, 0) is 14.8 Å². The molecule has 0 radical (unpaired) electrons.